The molecule has 1 heterocycles. The fourth-order valence-electron chi connectivity index (χ4n) is 1.72. The Balaban J connectivity index is 2.95. The summed E-state index contributed by atoms with van der Waals surface area (Å²) in [7, 11) is -1.54. The van der Waals surface area contributed by atoms with Crippen molar-refractivity contribution >= 4 is 19.4 Å². The molecule has 1 aromatic rings. The zero-order valence-electron chi connectivity index (χ0n) is 11.9. The third-order valence-electron chi connectivity index (χ3n) is 2.81. The fourth-order valence-corrected chi connectivity index (χ4v) is 3.15. The highest BCUT2D eigenvalue weighted by Crippen LogP contribution is 2.13. The highest BCUT2D eigenvalue weighted by Gasteiger charge is 2.23. The Bertz CT molecular complexity index is 412. The number of hydrogen-bond acceptors (Lipinski definition) is 3. The van der Waals surface area contributed by atoms with E-state index in [0.717, 1.165) is 5.19 Å². The molecule has 0 unspecified atom stereocenters. The van der Waals surface area contributed by atoms with Crippen LogP contribution in [0.5, 0.6) is 5.75 Å². The van der Waals surface area contributed by atoms with E-state index < -0.39 is 8.07 Å². The molecule has 1 aromatic heterocycles. The van der Waals surface area contributed by atoms with Crippen LogP contribution >= 0.6 is 0 Å². The summed E-state index contributed by atoms with van der Waals surface area (Å²) >= 11 is 0. The first-order valence-electron chi connectivity index (χ1n) is 6.31. The minimum Gasteiger partial charge on any atom is -0.409 e. The quantitative estimate of drug-likeness (QED) is 0.786. The normalized spacial score (nSPS) is 11.2. The van der Waals surface area contributed by atoms with Crippen LogP contribution in [0.2, 0.25) is 19.6 Å². The van der Waals surface area contributed by atoms with Crippen LogP contribution in [0.4, 0.5) is 4.79 Å². The second-order valence-corrected chi connectivity index (χ2v) is 10.2. The van der Waals surface area contributed by atoms with Crippen molar-refractivity contribution in [2.45, 2.75) is 33.5 Å². The van der Waals surface area contributed by atoms with Gasteiger partial charge in [0.15, 0.2) is 0 Å². The fraction of sp³-hybridized carbons (Fsp3) is 0.538. The van der Waals surface area contributed by atoms with Crippen molar-refractivity contribution in [3.8, 4) is 5.75 Å². The van der Waals surface area contributed by atoms with E-state index in [4.69, 9.17) is 4.74 Å². The van der Waals surface area contributed by atoms with Crippen LogP contribution < -0.4 is 9.92 Å². The second-order valence-electron chi connectivity index (χ2n) is 5.16. The minimum absolute atomic E-state index is 0.299. The van der Waals surface area contributed by atoms with Crippen LogP contribution in [-0.4, -0.2) is 37.1 Å². The molecule has 0 aromatic carbocycles. The van der Waals surface area contributed by atoms with Gasteiger partial charge in [-0.3, -0.25) is 4.98 Å². The van der Waals surface area contributed by atoms with E-state index in [-0.39, 0.29) is 6.09 Å². The summed E-state index contributed by atoms with van der Waals surface area (Å²) in [5.41, 5.74) is 0. The zero-order chi connectivity index (χ0) is 13.8. The Hall–Kier alpha value is -1.36. The number of amides is 1. The summed E-state index contributed by atoms with van der Waals surface area (Å²) in [5.74, 6) is 0.605. The van der Waals surface area contributed by atoms with Crippen molar-refractivity contribution in [1.29, 1.82) is 0 Å². The van der Waals surface area contributed by atoms with Crippen LogP contribution in [0.25, 0.3) is 0 Å². The smallest absolute Gasteiger partial charge is 0.409 e. The molecule has 5 heteroatoms. The van der Waals surface area contributed by atoms with E-state index in [0.29, 0.717) is 18.8 Å². The van der Waals surface area contributed by atoms with Crippen LogP contribution in [-0.2, 0) is 0 Å². The maximum atomic E-state index is 11.9. The molecule has 0 N–H and O–H groups in total. The van der Waals surface area contributed by atoms with Gasteiger partial charge in [-0.25, -0.2) is 4.79 Å². The van der Waals surface area contributed by atoms with Crippen molar-refractivity contribution < 1.29 is 9.53 Å². The van der Waals surface area contributed by atoms with E-state index in [9.17, 15) is 4.79 Å². The SMILES string of the molecule is CCN(CC)C(=O)Oc1cnccc1[Si](C)(C)C. The highest BCUT2D eigenvalue weighted by molar-refractivity contribution is 6.89. The molecular weight excluding hydrogens is 244 g/mol. The molecule has 0 aliphatic rings. The summed E-state index contributed by atoms with van der Waals surface area (Å²) in [6, 6.07) is 1.96. The Morgan fingerprint density at radius 1 is 1.33 bits per heavy atom. The maximum absolute atomic E-state index is 11.9. The van der Waals surface area contributed by atoms with Crippen LogP contribution in [0.3, 0.4) is 0 Å². The molecule has 1 rings (SSSR count). The molecule has 0 fully saturated rings. The average Bonchev–Trinajstić information content (AvgIpc) is 2.30. The molecule has 0 saturated carbocycles. The first-order chi connectivity index (χ1) is 8.40. The first-order valence-corrected chi connectivity index (χ1v) is 9.81. The van der Waals surface area contributed by atoms with Gasteiger partial charge in [-0.2, -0.15) is 0 Å². The molecule has 0 saturated heterocycles. The van der Waals surface area contributed by atoms with Gasteiger partial charge in [0.05, 0.1) is 14.3 Å². The number of rotatable bonds is 4. The number of carbonyl (C=O) groups excluding carboxylic acids is 1. The van der Waals surface area contributed by atoms with Gasteiger partial charge < -0.3 is 9.64 Å². The third kappa shape index (κ3) is 3.56. The molecule has 0 bridgehead atoms. The topological polar surface area (TPSA) is 42.4 Å². The summed E-state index contributed by atoms with van der Waals surface area (Å²) < 4.78 is 5.48. The standard InChI is InChI=1S/C13H22N2O2Si/c1-6-15(7-2)13(16)17-11-10-14-9-8-12(11)18(3,4)5/h8-10H,6-7H2,1-5H3. The molecular formula is C13H22N2O2Si. The molecule has 0 spiro atoms. The highest BCUT2D eigenvalue weighted by atomic mass is 28.3. The van der Waals surface area contributed by atoms with Crippen LogP contribution in [0.15, 0.2) is 18.5 Å². The van der Waals surface area contributed by atoms with Crippen molar-refractivity contribution in [3.05, 3.63) is 18.5 Å². The summed E-state index contributed by atoms with van der Waals surface area (Å²) in [5, 5.41) is 1.12. The first kappa shape index (κ1) is 14.7. The predicted molar refractivity (Wildman–Crippen MR) is 76.2 cm³/mol. The van der Waals surface area contributed by atoms with Gasteiger partial charge >= 0.3 is 6.09 Å². The van der Waals surface area contributed by atoms with Gasteiger partial charge in [-0.15, -0.1) is 0 Å². The Kier molecular flexibility index (Phi) is 4.90. The Labute approximate surface area is 110 Å². The van der Waals surface area contributed by atoms with Gasteiger partial charge in [0, 0.05) is 19.3 Å². The van der Waals surface area contributed by atoms with E-state index in [2.05, 4.69) is 24.6 Å². The van der Waals surface area contributed by atoms with Gasteiger partial charge in [0.2, 0.25) is 0 Å². The van der Waals surface area contributed by atoms with Gasteiger partial charge in [-0.1, -0.05) is 19.6 Å². The molecule has 18 heavy (non-hydrogen) atoms. The Morgan fingerprint density at radius 3 is 2.44 bits per heavy atom. The lowest BCUT2D eigenvalue weighted by molar-refractivity contribution is 0.157. The van der Waals surface area contributed by atoms with E-state index in [1.807, 2.05) is 19.9 Å². The van der Waals surface area contributed by atoms with Crippen molar-refractivity contribution in [2.24, 2.45) is 0 Å². The lowest BCUT2D eigenvalue weighted by Crippen LogP contribution is -2.41. The zero-order valence-corrected chi connectivity index (χ0v) is 12.9. The maximum Gasteiger partial charge on any atom is 0.415 e. The van der Waals surface area contributed by atoms with E-state index in [1.165, 1.54) is 0 Å². The number of aromatic nitrogens is 1. The minimum atomic E-state index is -1.54. The molecule has 0 aliphatic heterocycles. The molecule has 100 valence electrons. The van der Waals surface area contributed by atoms with Crippen LogP contribution in [0.1, 0.15) is 13.8 Å². The number of pyridine rings is 1. The number of nitrogens with zero attached hydrogens (tertiary/aromatic N) is 2. The monoisotopic (exact) mass is 266 g/mol. The molecule has 0 radical (unpaired) electrons. The number of hydrogen-bond donors (Lipinski definition) is 0. The molecule has 4 nitrogen and oxygen atoms in total. The largest absolute Gasteiger partial charge is 0.415 e. The number of ether oxygens (including phenoxy) is 1. The Morgan fingerprint density at radius 2 is 1.94 bits per heavy atom. The van der Waals surface area contributed by atoms with Gasteiger partial charge in [-0.05, 0) is 25.1 Å². The van der Waals surface area contributed by atoms with Crippen molar-refractivity contribution in [3.63, 3.8) is 0 Å². The molecule has 0 aliphatic carbocycles. The predicted octanol–water partition coefficient (Wildman–Crippen LogP) is 2.47. The summed E-state index contributed by atoms with van der Waals surface area (Å²) in [6.07, 6.45) is 3.09. The molecule has 0 atom stereocenters. The van der Waals surface area contributed by atoms with Crippen molar-refractivity contribution in [1.82, 2.24) is 9.88 Å². The average molecular weight is 266 g/mol. The van der Waals surface area contributed by atoms with Gasteiger partial charge in [0.25, 0.3) is 0 Å². The van der Waals surface area contributed by atoms with Gasteiger partial charge in [0.1, 0.15) is 5.75 Å². The second kappa shape index (κ2) is 6.00. The number of carbonyl (C=O) groups is 1. The van der Waals surface area contributed by atoms with E-state index in [1.54, 1.807) is 17.3 Å². The molecule has 1 amide bonds. The van der Waals surface area contributed by atoms with Crippen molar-refractivity contribution in [2.75, 3.05) is 13.1 Å². The summed E-state index contributed by atoms with van der Waals surface area (Å²) in [6.45, 7) is 11.8. The lowest BCUT2D eigenvalue weighted by Gasteiger charge is -2.22. The third-order valence-corrected chi connectivity index (χ3v) is 4.84. The summed E-state index contributed by atoms with van der Waals surface area (Å²) in [4.78, 5) is 17.6. The lowest BCUT2D eigenvalue weighted by atomic mass is 10.4. The van der Waals surface area contributed by atoms with Crippen LogP contribution in [0, 0.1) is 0 Å². The van der Waals surface area contributed by atoms with E-state index >= 15 is 0 Å².